The molecule has 0 saturated carbocycles. The molecule has 0 fully saturated rings. The lowest BCUT2D eigenvalue weighted by Crippen LogP contribution is -2.48. The lowest BCUT2D eigenvalue weighted by molar-refractivity contribution is -0.170. The molecule has 22 heteroatoms. The van der Waals surface area contributed by atoms with E-state index in [1.807, 2.05) is 54.6 Å². The van der Waals surface area contributed by atoms with Crippen LogP contribution in [-0.2, 0) is 44.7 Å². The van der Waals surface area contributed by atoms with E-state index < -0.39 is 88.3 Å². The summed E-state index contributed by atoms with van der Waals surface area (Å²) in [5, 5.41) is 8.15. The fourth-order valence-electron chi connectivity index (χ4n) is 8.03. The number of rotatable bonds is 21. The topological polar surface area (TPSA) is 258 Å². The van der Waals surface area contributed by atoms with E-state index >= 15 is 0 Å². The summed E-state index contributed by atoms with van der Waals surface area (Å²) in [6, 6.07) is 31.7. The van der Waals surface area contributed by atoms with Gasteiger partial charge in [0.2, 0.25) is 17.8 Å². The normalized spacial score (nSPS) is 12.7. The Hall–Kier alpha value is -8.14. The number of nitrogens with two attached hydrogens (primary N) is 1. The lowest BCUT2D eigenvalue weighted by atomic mass is 9.84. The van der Waals surface area contributed by atoms with Crippen molar-refractivity contribution in [2.75, 3.05) is 22.9 Å². The van der Waals surface area contributed by atoms with Crippen LogP contribution in [0.25, 0.3) is 11.2 Å². The van der Waals surface area contributed by atoms with E-state index in [9.17, 15) is 46.7 Å². The zero-order valence-corrected chi connectivity index (χ0v) is 44.1. The number of carbonyl (C=O) groups excluding carboxylic acids is 6. The maximum atomic E-state index is 14.0. The van der Waals surface area contributed by atoms with Crippen molar-refractivity contribution in [2.24, 2.45) is 0 Å². The minimum atomic E-state index is -5.36. The van der Waals surface area contributed by atoms with Crippen molar-refractivity contribution in [1.29, 1.82) is 0 Å². The summed E-state index contributed by atoms with van der Waals surface area (Å²) < 4.78 is 52.1. The van der Waals surface area contributed by atoms with Gasteiger partial charge in [0.05, 0.1) is 23.2 Å². The first-order valence-corrected chi connectivity index (χ1v) is 25.4. The first-order valence-electron chi connectivity index (χ1n) is 24.5. The van der Waals surface area contributed by atoms with Crippen molar-refractivity contribution in [2.45, 2.75) is 108 Å². The number of aromatic amines is 1. The summed E-state index contributed by atoms with van der Waals surface area (Å²) in [5.41, 5.74) is 4.74. The summed E-state index contributed by atoms with van der Waals surface area (Å²) >= 11 is 1.62. The molecule has 4 amide bonds. The molecule has 0 aliphatic rings. The fourth-order valence-corrected chi connectivity index (χ4v) is 9.45. The Balaban J connectivity index is 1.16. The molecule has 0 aliphatic carbocycles. The van der Waals surface area contributed by atoms with Gasteiger partial charge in [-0.2, -0.15) is 18.2 Å². The highest BCUT2D eigenvalue weighted by Crippen LogP contribution is 2.48. The van der Waals surface area contributed by atoms with Gasteiger partial charge in [-0.1, -0.05) is 91.0 Å². The van der Waals surface area contributed by atoms with Crippen LogP contribution in [-0.4, -0.2) is 97.3 Å². The molecule has 6 N–H and O–H groups in total. The number of carbonyl (C=O) groups is 6. The Morgan fingerprint density at radius 3 is 1.79 bits per heavy atom. The zero-order chi connectivity index (χ0) is 56.1. The highest BCUT2D eigenvalue weighted by Gasteiger charge is 2.43. The minimum absolute atomic E-state index is 0.141. The number of hydrogen-bond acceptors (Lipinski definition) is 14. The fraction of sp³-hybridized carbons (Fsp3) is 0.345. The molecule has 6 rings (SSSR count). The molecule has 4 aromatic carbocycles. The number of nitrogen functional groups attached to an aromatic ring is 1. The molecule has 2 aromatic heterocycles. The van der Waals surface area contributed by atoms with Gasteiger partial charge in [-0.25, -0.2) is 14.8 Å². The van der Waals surface area contributed by atoms with E-state index in [-0.39, 0.29) is 59.9 Å². The van der Waals surface area contributed by atoms with Gasteiger partial charge in [0.1, 0.15) is 23.3 Å². The highest BCUT2D eigenvalue weighted by atomic mass is 32.2. The predicted molar refractivity (Wildman–Crippen MR) is 284 cm³/mol. The van der Waals surface area contributed by atoms with Crippen LogP contribution in [0, 0.1) is 0 Å². The Kier molecular flexibility index (Phi) is 19.0. The largest absolute Gasteiger partial charge is 0.471 e. The van der Waals surface area contributed by atoms with Gasteiger partial charge in [-0.15, -0.1) is 11.8 Å². The van der Waals surface area contributed by atoms with Crippen molar-refractivity contribution in [3.63, 3.8) is 0 Å². The van der Waals surface area contributed by atoms with E-state index in [1.54, 1.807) is 53.3 Å². The smallest absolute Gasteiger partial charge is 0.460 e. The summed E-state index contributed by atoms with van der Waals surface area (Å²) in [7, 11) is 0. The summed E-state index contributed by atoms with van der Waals surface area (Å²) in [6.45, 7) is 9.23. The SMILES string of the molecule is CC(C)(C)OC(=O)CCC(NC(=O)CCC(NC(=O)c1ccc(N(Cc2cnc3nc(N)[nH]c(=O)c3n2)C(=O)C(F)(F)F)cc1)C(=O)OC(C)(C)C)C(=O)NCCSC(c1ccccc1)(c1ccccc1)c1ccccc1. The van der Waals surface area contributed by atoms with Crippen LogP contribution in [0.1, 0.15) is 100.0 Å². The lowest BCUT2D eigenvalue weighted by Gasteiger charge is -2.35. The number of aromatic nitrogens is 4. The van der Waals surface area contributed by atoms with Crippen LogP contribution < -0.4 is 32.1 Å². The first-order chi connectivity index (χ1) is 36.3. The van der Waals surface area contributed by atoms with E-state index in [0.29, 0.717) is 10.7 Å². The number of nitrogens with zero attached hydrogens (tertiary/aromatic N) is 4. The standard InChI is InChI=1S/C55H60F3N9O9S/c1-52(2,3)75-43(69)29-27-40(47(71)60-30-31-77-54(35-16-10-7-11-17-35,36-18-12-8-13-19-36)37-20-14-9-15-21-37)63-42(68)28-26-41(49(73)76-53(4,5)6)64-46(70)34-22-24-39(25-23-34)67(50(74)55(56,57)58)33-38-32-61-45-44(62-38)48(72)66-51(59)65-45/h7-25,32,40-41H,26-31,33H2,1-6H3,(H,60,71)(H,63,68)(H,64,70)(H3,59,61,65,66,72). The highest BCUT2D eigenvalue weighted by molar-refractivity contribution is 8.00. The molecule has 2 heterocycles. The first kappa shape index (κ1) is 58.1. The van der Waals surface area contributed by atoms with Crippen molar-refractivity contribution in [3.8, 4) is 0 Å². The molecule has 6 aromatic rings. The summed E-state index contributed by atoms with van der Waals surface area (Å²) in [6.07, 6.45) is -5.47. The molecule has 0 saturated heterocycles. The van der Waals surface area contributed by atoms with Gasteiger partial charge < -0.3 is 31.2 Å². The average Bonchev–Trinajstić information content (AvgIpc) is 3.37. The number of halogens is 3. The van der Waals surface area contributed by atoms with Gasteiger partial charge in [0, 0.05) is 36.4 Å². The molecule has 2 unspecified atom stereocenters. The van der Waals surface area contributed by atoms with Crippen LogP contribution in [0.2, 0.25) is 0 Å². The Labute approximate surface area is 446 Å². The number of anilines is 2. The number of thioether (sulfide) groups is 1. The van der Waals surface area contributed by atoms with Crippen LogP contribution in [0.4, 0.5) is 24.8 Å². The monoisotopic (exact) mass is 1080 g/mol. The molecule has 0 spiro atoms. The van der Waals surface area contributed by atoms with Crippen molar-refractivity contribution in [1.82, 2.24) is 35.9 Å². The number of fused-ring (bicyclic) bond motifs is 1. The van der Waals surface area contributed by atoms with Crippen molar-refractivity contribution in [3.05, 3.63) is 160 Å². The second kappa shape index (κ2) is 25.1. The molecule has 0 radical (unpaired) electrons. The van der Waals surface area contributed by atoms with Crippen LogP contribution in [0.3, 0.4) is 0 Å². The molecule has 0 aliphatic heterocycles. The molecule has 18 nitrogen and oxygen atoms in total. The Morgan fingerprint density at radius 2 is 1.26 bits per heavy atom. The second-order valence-electron chi connectivity index (χ2n) is 19.7. The molecular formula is C55H60F3N9O9S. The second-order valence-corrected chi connectivity index (χ2v) is 21.0. The predicted octanol–water partition coefficient (Wildman–Crippen LogP) is 7.06. The van der Waals surface area contributed by atoms with E-state index in [0.717, 1.165) is 47.2 Å². The maximum Gasteiger partial charge on any atom is 0.471 e. The number of benzene rings is 4. The Bertz CT molecular complexity index is 3000. The minimum Gasteiger partial charge on any atom is -0.460 e. The number of esters is 2. The van der Waals surface area contributed by atoms with Crippen molar-refractivity contribution >= 4 is 70.1 Å². The zero-order valence-electron chi connectivity index (χ0n) is 43.2. The van der Waals surface area contributed by atoms with Crippen LogP contribution >= 0.6 is 11.8 Å². The van der Waals surface area contributed by atoms with E-state index in [4.69, 9.17) is 15.2 Å². The van der Waals surface area contributed by atoms with Crippen LogP contribution in [0.5, 0.6) is 0 Å². The maximum absolute atomic E-state index is 14.0. The summed E-state index contributed by atoms with van der Waals surface area (Å²) in [4.78, 5) is 107. The molecular weight excluding hydrogens is 1020 g/mol. The van der Waals surface area contributed by atoms with Crippen molar-refractivity contribution < 1.29 is 51.4 Å². The van der Waals surface area contributed by atoms with Gasteiger partial charge in [0.15, 0.2) is 11.2 Å². The number of alkyl halides is 3. The molecule has 77 heavy (non-hydrogen) atoms. The molecule has 2 atom stereocenters. The quantitative estimate of drug-likeness (QED) is 0.0275. The molecule has 406 valence electrons. The number of hydrogen-bond donors (Lipinski definition) is 5. The third kappa shape index (κ3) is 16.2. The average molecular weight is 1080 g/mol. The van der Waals surface area contributed by atoms with E-state index in [1.165, 1.54) is 0 Å². The number of amides is 4. The third-order valence-electron chi connectivity index (χ3n) is 11.4. The third-order valence-corrected chi connectivity index (χ3v) is 12.9. The number of ether oxygens (including phenoxy) is 2. The molecule has 0 bridgehead atoms. The van der Waals surface area contributed by atoms with Gasteiger partial charge in [0.25, 0.3) is 11.5 Å². The van der Waals surface area contributed by atoms with E-state index in [2.05, 4.69) is 72.3 Å². The Morgan fingerprint density at radius 1 is 0.714 bits per heavy atom. The summed E-state index contributed by atoms with van der Waals surface area (Å²) in [5.74, 6) is -5.83. The van der Waals surface area contributed by atoms with Crippen LogP contribution in [0.15, 0.2) is 126 Å². The number of nitrogens with one attached hydrogen (secondary N) is 4. The van der Waals surface area contributed by atoms with Gasteiger partial charge >= 0.3 is 24.0 Å². The van der Waals surface area contributed by atoms with Gasteiger partial charge in [-0.3, -0.25) is 38.7 Å². The van der Waals surface area contributed by atoms with Gasteiger partial charge in [-0.05, 0) is 95.3 Å². The number of H-pyrrole nitrogens is 1.